The molecule has 1 N–H and O–H groups in total. The van der Waals surface area contributed by atoms with Gasteiger partial charge in [0.2, 0.25) is 11.7 Å². The summed E-state index contributed by atoms with van der Waals surface area (Å²) >= 11 is 0. The monoisotopic (exact) mass is 529 g/mol. The zero-order chi connectivity index (χ0) is 27.7. The Labute approximate surface area is 226 Å². The molecule has 0 aliphatic carbocycles. The number of amides is 1. The molecule has 2 aromatic carbocycles. The second-order valence-corrected chi connectivity index (χ2v) is 10.8. The van der Waals surface area contributed by atoms with Gasteiger partial charge in [0, 0.05) is 25.2 Å². The molecule has 5 rings (SSSR count). The Morgan fingerprint density at radius 3 is 2.67 bits per heavy atom. The summed E-state index contributed by atoms with van der Waals surface area (Å²) in [5, 5.41) is 21.4. The Kier molecular flexibility index (Phi) is 7.00. The number of nitrogens with zero attached hydrogens (tertiary/aromatic N) is 5. The van der Waals surface area contributed by atoms with Crippen LogP contribution in [0.2, 0.25) is 0 Å². The third-order valence-electron chi connectivity index (χ3n) is 6.96. The van der Waals surface area contributed by atoms with Gasteiger partial charge in [-0.2, -0.15) is 10.2 Å². The van der Waals surface area contributed by atoms with Gasteiger partial charge in [-0.05, 0) is 44.4 Å². The molecular weight excluding hydrogens is 498 g/mol. The number of aromatic carboxylic acids is 1. The number of ether oxygens (including phenoxy) is 2. The Morgan fingerprint density at radius 2 is 1.92 bits per heavy atom. The van der Waals surface area contributed by atoms with Crippen molar-refractivity contribution in [2.75, 3.05) is 24.5 Å². The van der Waals surface area contributed by atoms with Crippen molar-refractivity contribution in [1.82, 2.24) is 14.9 Å². The van der Waals surface area contributed by atoms with E-state index in [1.165, 1.54) is 0 Å². The first kappa shape index (κ1) is 26.2. The van der Waals surface area contributed by atoms with E-state index in [1.54, 1.807) is 25.7 Å². The minimum absolute atomic E-state index is 0.106. The van der Waals surface area contributed by atoms with Crippen molar-refractivity contribution in [3.05, 3.63) is 59.4 Å². The van der Waals surface area contributed by atoms with Crippen LogP contribution < -0.4 is 9.64 Å². The maximum absolute atomic E-state index is 12.8. The fourth-order valence-corrected chi connectivity index (χ4v) is 5.23. The highest BCUT2D eigenvalue weighted by molar-refractivity contribution is 5.86. The van der Waals surface area contributed by atoms with Crippen molar-refractivity contribution in [1.29, 1.82) is 5.26 Å². The van der Waals surface area contributed by atoms with E-state index in [0.717, 1.165) is 21.9 Å². The van der Waals surface area contributed by atoms with Crippen LogP contribution in [0.5, 0.6) is 5.88 Å². The molecule has 10 heteroatoms. The number of nitriles is 1. The van der Waals surface area contributed by atoms with Crippen molar-refractivity contribution in [3.8, 4) is 11.9 Å². The molecule has 39 heavy (non-hydrogen) atoms. The minimum atomic E-state index is -1.25. The van der Waals surface area contributed by atoms with Crippen LogP contribution in [0, 0.1) is 11.3 Å². The van der Waals surface area contributed by atoms with Gasteiger partial charge in [-0.3, -0.25) is 0 Å². The molecule has 2 aliphatic heterocycles. The Balaban J connectivity index is 1.46. The minimum Gasteiger partial charge on any atom is -0.475 e. The first-order valence-electron chi connectivity index (χ1n) is 13.0. The topological polar surface area (TPSA) is 129 Å². The molecule has 3 aromatic rings. The van der Waals surface area contributed by atoms with Crippen LogP contribution in [0.1, 0.15) is 61.5 Å². The SMILES string of the molecule is CC(C)(C)OC(=O)N1CCN(c2nc(C(=O)O)nc3c2CCC(c2cccc4ccccc24)O3)C[C@@H]1CC#N. The van der Waals surface area contributed by atoms with Crippen LogP contribution in [-0.2, 0) is 11.2 Å². The van der Waals surface area contributed by atoms with Gasteiger partial charge in [0.1, 0.15) is 17.5 Å². The first-order chi connectivity index (χ1) is 18.6. The van der Waals surface area contributed by atoms with Crippen LogP contribution in [-0.4, -0.2) is 63.3 Å². The highest BCUT2D eigenvalue weighted by Gasteiger charge is 2.37. The summed E-state index contributed by atoms with van der Waals surface area (Å²) in [4.78, 5) is 37.0. The molecule has 1 aromatic heterocycles. The van der Waals surface area contributed by atoms with Gasteiger partial charge in [0.25, 0.3) is 0 Å². The molecule has 1 fully saturated rings. The lowest BCUT2D eigenvalue weighted by molar-refractivity contribution is 0.0144. The van der Waals surface area contributed by atoms with E-state index < -0.39 is 23.7 Å². The number of fused-ring (bicyclic) bond motifs is 2. The van der Waals surface area contributed by atoms with Crippen molar-refractivity contribution in [2.24, 2.45) is 0 Å². The van der Waals surface area contributed by atoms with Crippen molar-refractivity contribution >= 4 is 28.7 Å². The number of carbonyl (C=O) groups is 2. The largest absolute Gasteiger partial charge is 0.475 e. The van der Waals surface area contributed by atoms with Gasteiger partial charge in [-0.15, -0.1) is 0 Å². The number of piperazine rings is 1. The number of hydrogen-bond donors (Lipinski definition) is 1. The summed E-state index contributed by atoms with van der Waals surface area (Å²) in [5.41, 5.74) is 1.10. The predicted molar refractivity (Wildman–Crippen MR) is 144 cm³/mol. The average Bonchev–Trinajstić information content (AvgIpc) is 2.91. The van der Waals surface area contributed by atoms with Gasteiger partial charge in [-0.25, -0.2) is 14.6 Å². The third-order valence-corrected chi connectivity index (χ3v) is 6.96. The number of carboxylic acid groups (broad SMARTS) is 1. The Hall–Kier alpha value is -4.39. The fourth-order valence-electron chi connectivity index (χ4n) is 5.23. The van der Waals surface area contributed by atoms with E-state index in [2.05, 4.69) is 22.1 Å². The highest BCUT2D eigenvalue weighted by atomic mass is 16.6. The Morgan fingerprint density at radius 1 is 1.15 bits per heavy atom. The van der Waals surface area contributed by atoms with Crippen LogP contribution in [0.3, 0.4) is 0 Å². The molecule has 1 saturated heterocycles. The molecule has 1 amide bonds. The number of aromatic nitrogens is 2. The predicted octanol–water partition coefficient (Wildman–Crippen LogP) is 4.73. The van der Waals surface area contributed by atoms with Gasteiger partial charge >= 0.3 is 12.1 Å². The van der Waals surface area contributed by atoms with E-state index in [4.69, 9.17) is 9.47 Å². The summed E-state index contributed by atoms with van der Waals surface area (Å²) in [6, 6.07) is 15.9. The van der Waals surface area contributed by atoms with Gasteiger partial charge < -0.3 is 24.4 Å². The smallest absolute Gasteiger partial charge is 0.410 e. The number of rotatable bonds is 4. The summed E-state index contributed by atoms with van der Waals surface area (Å²) in [6.07, 6.45) is 0.605. The molecule has 0 radical (unpaired) electrons. The van der Waals surface area contributed by atoms with E-state index in [9.17, 15) is 20.0 Å². The lowest BCUT2D eigenvalue weighted by Gasteiger charge is -2.42. The van der Waals surface area contributed by atoms with Gasteiger partial charge in [-0.1, -0.05) is 42.5 Å². The van der Waals surface area contributed by atoms with Gasteiger partial charge in [0.15, 0.2) is 0 Å². The number of carbonyl (C=O) groups excluding carboxylic acids is 1. The van der Waals surface area contributed by atoms with Crippen LogP contribution in [0.4, 0.5) is 10.6 Å². The van der Waals surface area contributed by atoms with E-state index in [-0.39, 0.29) is 24.2 Å². The normalized spacial score (nSPS) is 19.1. The molecule has 2 atom stereocenters. The average molecular weight is 530 g/mol. The summed E-state index contributed by atoms with van der Waals surface area (Å²) in [7, 11) is 0. The summed E-state index contributed by atoms with van der Waals surface area (Å²) < 4.78 is 11.9. The maximum atomic E-state index is 12.8. The molecule has 2 aliphatic rings. The Bertz CT molecular complexity index is 1460. The third kappa shape index (κ3) is 5.43. The van der Waals surface area contributed by atoms with E-state index in [1.807, 2.05) is 41.3 Å². The lowest BCUT2D eigenvalue weighted by atomic mass is 9.94. The lowest BCUT2D eigenvalue weighted by Crippen LogP contribution is -2.56. The zero-order valence-electron chi connectivity index (χ0n) is 22.3. The van der Waals surface area contributed by atoms with E-state index >= 15 is 0 Å². The summed E-state index contributed by atoms with van der Waals surface area (Å²) in [6.45, 7) is 6.41. The van der Waals surface area contributed by atoms with Crippen LogP contribution in [0.15, 0.2) is 42.5 Å². The summed E-state index contributed by atoms with van der Waals surface area (Å²) in [5.74, 6) is -0.877. The second kappa shape index (κ2) is 10.4. The molecule has 202 valence electrons. The van der Waals surface area contributed by atoms with Crippen LogP contribution >= 0.6 is 0 Å². The molecular formula is C29H31N5O5. The quantitative estimate of drug-likeness (QED) is 0.510. The van der Waals surface area contributed by atoms with Crippen molar-refractivity contribution in [2.45, 2.75) is 57.8 Å². The molecule has 0 saturated carbocycles. The number of anilines is 1. The first-order valence-corrected chi connectivity index (χ1v) is 13.0. The number of hydrogen-bond acceptors (Lipinski definition) is 8. The van der Waals surface area contributed by atoms with Gasteiger partial charge in [0.05, 0.1) is 24.1 Å². The number of carboxylic acids is 1. The maximum Gasteiger partial charge on any atom is 0.410 e. The fraction of sp³-hybridized carbons (Fsp3) is 0.414. The molecule has 1 unspecified atom stereocenters. The standard InChI is InChI=1S/C29H31N5O5/c1-29(2,3)39-28(37)34-16-15-33(17-19(34)13-14-30)25-22-11-12-23(38-26(22)32-24(31-25)27(35)36)21-10-6-8-18-7-4-5-9-20(18)21/h4-10,19,23H,11-13,15-17H2,1-3H3,(H,35,36)/t19-,23?/m0/s1. The highest BCUT2D eigenvalue weighted by Crippen LogP contribution is 2.40. The van der Waals surface area contributed by atoms with Crippen LogP contribution in [0.25, 0.3) is 10.8 Å². The zero-order valence-corrected chi connectivity index (χ0v) is 22.3. The number of benzene rings is 2. The van der Waals surface area contributed by atoms with Crippen molar-refractivity contribution in [3.63, 3.8) is 0 Å². The van der Waals surface area contributed by atoms with Crippen molar-refractivity contribution < 1.29 is 24.2 Å². The van der Waals surface area contributed by atoms with E-state index in [0.29, 0.717) is 38.3 Å². The second-order valence-electron chi connectivity index (χ2n) is 10.8. The molecule has 0 bridgehead atoms. The molecule has 10 nitrogen and oxygen atoms in total. The molecule has 3 heterocycles. The molecule has 0 spiro atoms.